The molecule has 3 rings (SSSR count). The average Bonchev–Trinajstić information content (AvgIpc) is 3.14. The van der Waals surface area contributed by atoms with E-state index in [1.54, 1.807) is 35.2 Å². The van der Waals surface area contributed by atoms with Gasteiger partial charge in [0, 0.05) is 10.9 Å². The number of carbonyl (C=O) groups is 1. The van der Waals surface area contributed by atoms with Crippen molar-refractivity contribution in [2.24, 2.45) is 0 Å². The van der Waals surface area contributed by atoms with Crippen LogP contribution in [0.15, 0.2) is 57.8 Å². The molecule has 0 bridgehead atoms. The summed E-state index contributed by atoms with van der Waals surface area (Å²) in [6.07, 6.45) is 0. The zero-order chi connectivity index (χ0) is 20.1. The van der Waals surface area contributed by atoms with Gasteiger partial charge in [0.2, 0.25) is 17.7 Å². The fourth-order valence-electron chi connectivity index (χ4n) is 2.55. The normalized spacial score (nSPS) is 11.0. The molecule has 2 aromatic carbocycles. The Morgan fingerprint density at radius 3 is 2.61 bits per heavy atom. The molecule has 146 valence electrons. The highest BCUT2D eigenvalue weighted by Crippen LogP contribution is 2.27. The van der Waals surface area contributed by atoms with Crippen LogP contribution in [0.2, 0.25) is 5.02 Å². The number of halogens is 2. The molecule has 1 aromatic heterocycles. The molecule has 0 saturated heterocycles. The quantitative estimate of drug-likeness (QED) is 0.501. The molecule has 1 heterocycles. The van der Waals surface area contributed by atoms with Gasteiger partial charge in [0.15, 0.2) is 0 Å². The van der Waals surface area contributed by atoms with Crippen molar-refractivity contribution in [1.82, 2.24) is 15.1 Å². The molecule has 3 aromatic rings. The van der Waals surface area contributed by atoms with Crippen molar-refractivity contribution in [2.45, 2.75) is 31.3 Å². The summed E-state index contributed by atoms with van der Waals surface area (Å²) in [4.78, 5) is 14.7. The van der Waals surface area contributed by atoms with Gasteiger partial charge in [-0.05, 0) is 38.1 Å². The Kier molecular flexibility index (Phi) is 6.70. The molecule has 1 amide bonds. The molecule has 0 N–H and O–H groups in total. The predicted molar refractivity (Wildman–Crippen MR) is 108 cm³/mol. The smallest absolute Gasteiger partial charge is 0.249 e. The molecule has 0 aliphatic heterocycles. The molecule has 0 fully saturated rings. The Morgan fingerprint density at radius 2 is 1.89 bits per heavy atom. The summed E-state index contributed by atoms with van der Waals surface area (Å²) >= 11 is 7.33. The van der Waals surface area contributed by atoms with Crippen molar-refractivity contribution in [2.75, 3.05) is 5.75 Å². The van der Waals surface area contributed by atoms with Crippen LogP contribution in [0.4, 0.5) is 4.39 Å². The van der Waals surface area contributed by atoms with E-state index in [4.69, 9.17) is 16.0 Å². The van der Waals surface area contributed by atoms with Gasteiger partial charge in [-0.1, -0.05) is 35.9 Å². The SMILES string of the molecule is CC(C)N(Cc1nnc(-c2ccccc2Cl)o1)C(=O)CSc1ccccc1F. The second-order valence-electron chi connectivity index (χ2n) is 6.32. The van der Waals surface area contributed by atoms with Crippen LogP contribution in [0.5, 0.6) is 0 Å². The molecule has 0 aliphatic carbocycles. The van der Waals surface area contributed by atoms with Crippen molar-refractivity contribution >= 4 is 29.3 Å². The fraction of sp³-hybridized carbons (Fsp3) is 0.250. The fourth-order valence-corrected chi connectivity index (χ4v) is 3.59. The zero-order valence-electron chi connectivity index (χ0n) is 15.4. The third-order valence-corrected chi connectivity index (χ3v) is 5.37. The van der Waals surface area contributed by atoms with Gasteiger partial charge < -0.3 is 9.32 Å². The van der Waals surface area contributed by atoms with E-state index in [2.05, 4.69) is 10.2 Å². The summed E-state index contributed by atoms with van der Waals surface area (Å²) in [5, 5.41) is 8.57. The Hall–Kier alpha value is -2.38. The predicted octanol–water partition coefficient (Wildman–Crippen LogP) is 5.06. The van der Waals surface area contributed by atoms with Crippen LogP contribution in [0.25, 0.3) is 11.5 Å². The van der Waals surface area contributed by atoms with Gasteiger partial charge >= 0.3 is 0 Å². The molecule has 0 saturated carbocycles. The van der Waals surface area contributed by atoms with Gasteiger partial charge in [-0.2, -0.15) is 0 Å². The van der Waals surface area contributed by atoms with Crippen LogP contribution in [0.1, 0.15) is 19.7 Å². The zero-order valence-corrected chi connectivity index (χ0v) is 17.0. The maximum atomic E-state index is 13.8. The Bertz CT molecular complexity index is 964. The average molecular weight is 420 g/mol. The van der Waals surface area contributed by atoms with Gasteiger partial charge in [0.05, 0.1) is 22.9 Å². The maximum absolute atomic E-state index is 13.8. The molecule has 5 nitrogen and oxygen atoms in total. The summed E-state index contributed by atoms with van der Waals surface area (Å²) in [6.45, 7) is 3.97. The Balaban J connectivity index is 1.69. The van der Waals surface area contributed by atoms with Crippen LogP contribution < -0.4 is 0 Å². The molecular formula is C20H19ClFN3O2S. The van der Waals surface area contributed by atoms with E-state index in [1.807, 2.05) is 26.0 Å². The number of hydrogen-bond acceptors (Lipinski definition) is 5. The highest BCUT2D eigenvalue weighted by molar-refractivity contribution is 8.00. The number of aromatic nitrogens is 2. The summed E-state index contributed by atoms with van der Waals surface area (Å²) in [5.41, 5.74) is 0.639. The first-order valence-corrected chi connectivity index (χ1v) is 10.1. The van der Waals surface area contributed by atoms with Crippen molar-refractivity contribution in [3.05, 3.63) is 65.3 Å². The largest absolute Gasteiger partial charge is 0.419 e. The van der Waals surface area contributed by atoms with Crippen LogP contribution in [-0.2, 0) is 11.3 Å². The van der Waals surface area contributed by atoms with E-state index in [1.165, 1.54) is 17.8 Å². The van der Waals surface area contributed by atoms with Crippen molar-refractivity contribution < 1.29 is 13.6 Å². The van der Waals surface area contributed by atoms with E-state index in [0.29, 0.717) is 27.3 Å². The monoisotopic (exact) mass is 419 g/mol. The maximum Gasteiger partial charge on any atom is 0.249 e. The summed E-state index contributed by atoms with van der Waals surface area (Å²) < 4.78 is 19.4. The topological polar surface area (TPSA) is 59.2 Å². The molecular weight excluding hydrogens is 401 g/mol. The summed E-state index contributed by atoms with van der Waals surface area (Å²) in [7, 11) is 0. The van der Waals surface area contributed by atoms with Crippen LogP contribution >= 0.6 is 23.4 Å². The van der Waals surface area contributed by atoms with Gasteiger partial charge in [-0.25, -0.2) is 4.39 Å². The molecule has 0 spiro atoms. The van der Waals surface area contributed by atoms with Crippen LogP contribution in [-0.4, -0.2) is 32.8 Å². The molecule has 8 heteroatoms. The lowest BCUT2D eigenvalue weighted by Gasteiger charge is -2.25. The summed E-state index contributed by atoms with van der Waals surface area (Å²) in [6, 6.07) is 13.5. The summed E-state index contributed by atoms with van der Waals surface area (Å²) in [5.74, 6) is 0.258. The molecule has 0 unspecified atom stereocenters. The highest BCUT2D eigenvalue weighted by Gasteiger charge is 2.21. The highest BCUT2D eigenvalue weighted by atomic mass is 35.5. The number of nitrogens with zero attached hydrogens (tertiary/aromatic N) is 3. The lowest BCUT2D eigenvalue weighted by molar-refractivity contribution is -0.131. The third kappa shape index (κ3) is 4.91. The van der Waals surface area contributed by atoms with Crippen LogP contribution in [0, 0.1) is 5.82 Å². The first kappa shape index (κ1) is 20.4. The Morgan fingerprint density at radius 1 is 1.18 bits per heavy atom. The number of thioether (sulfide) groups is 1. The molecule has 0 atom stereocenters. The van der Waals surface area contributed by atoms with E-state index >= 15 is 0 Å². The number of benzene rings is 2. The first-order valence-electron chi connectivity index (χ1n) is 8.69. The van der Waals surface area contributed by atoms with Gasteiger partial charge in [0.25, 0.3) is 0 Å². The van der Waals surface area contributed by atoms with Crippen molar-refractivity contribution in [1.29, 1.82) is 0 Å². The lowest BCUT2D eigenvalue weighted by atomic mass is 10.2. The minimum Gasteiger partial charge on any atom is -0.419 e. The standard InChI is InChI=1S/C20H19ClFN3O2S/c1-13(2)25(19(26)12-28-17-10-6-5-9-16(17)22)11-18-23-24-20(27-18)14-7-3-4-8-15(14)21/h3-10,13H,11-12H2,1-2H3. The second kappa shape index (κ2) is 9.21. The third-order valence-electron chi connectivity index (χ3n) is 4.01. The molecule has 28 heavy (non-hydrogen) atoms. The van der Waals surface area contributed by atoms with E-state index in [-0.39, 0.29) is 30.1 Å². The number of carbonyl (C=O) groups excluding carboxylic acids is 1. The van der Waals surface area contributed by atoms with E-state index < -0.39 is 0 Å². The number of rotatable bonds is 7. The van der Waals surface area contributed by atoms with Crippen LogP contribution in [0.3, 0.4) is 0 Å². The van der Waals surface area contributed by atoms with Gasteiger partial charge in [-0.3, -0.25) is 4.79 Å². The molecule has 0 aliphatic rings. The molecule has 0 radical (unpaired) electrons. The lowest BCUT2D eigenvalue weighted by Crippen LogP contribution is -2.37. The minimum absolute atomic E-state index is 0.0793. The van der Waals surface area contributed by atoms with E-state index in [9.17, 15) is 9.18 Å². The van der Waals surface area contributed by atoms with Crippen molar-refractivity contribution in [3.63, 3.8) is 0 Å². The van der Waals surface area contributed by atoms with Gasteiger partial charge in [-0.15, -0.1) is 22.0 Å². The van der Waals surface area contributed by atoms with Gasteiger partial charge in [0.1, 0.15) is 5.82 Å². The Labute approximate surface area is 171 Å². The van der Waals surface area contributed by atoms with Crippen molar-refractivity contribution in [3.8, 4) is 11.5 Å². The van der Waals surface area contributed by atoms with E-state index in [0.717, 1.165) is 0 Å². The number of hydrogen-bond donors (Lipinski definition) is 0. The first-order chi connectivity index (χ1) is 13.5. The minimum atomic E-state index is -0.335. The number of amides is 1. The second-order valence-corrected chi connectivity index (χ2v) is 7.74.